The van der Waals surface area contributed by atoms with E-state index < -0.39 is 74.1 Å². The van der Waals surface area contributed by atoms with Crippen molar-refractivity contribution < 1.29 is 41.8 Å². The average Bonchev–Trinajstić information content (AvgIpc) is 4.15. The zero-order valence-corrected chi connectivity index (χ0v) is 34.3. The highest BCUT2D eigenvalue weighted by Crippen LogP contribution is 2.46. The average molecular weight is 824 g/mol. The first kappa shape index (κ1) is 41.2. The monoisotopic (exact) mass is 823 g/mol. The van der Waals surface area contributed by atoms with Gasteiger partial charge < -0.3 is 29.7 Å². The molecule has 14 nitrogen and oxygen atoms in total. The third-order valence-electron chi connectivity index (χ3n) is 11.0. The molecule has 59 heavy (non-hydrogen) atoms. The third kappa shape index (κ3) is 9.04. The van der Waals surface area contributed by atoms with E-state index in [4.69, 9.17) is 19.2 Å². The van der Waals surface area contributed by atoms with Gasteiger partial charge in [-0.3, -0.25) is 19.1 Å². The molecule has 0 radical (unpaired) electrons. The van der Waals surface area contributed by atoms with Crippen LogP contribution in [0.4, 0.5) is 4.79 Å². The number of ether oxygens (including phenoxy) is 3. The number of methoxy groups -OCH3 is 1. The number of pyridine rings is 1. The molecule has 1 aliphatic heterocycles. The Bertz CT molecular complexity index is 2370. The molecule has 2 heterocycles. The normalized spacial score (nSPS) is 21.8. The Hall–Kier alpha value is -5.96. The van der Waals surface area contributed by atoms with Gasteiger partial charge in [-0.2, -0.15) is 0 Å². The van der Waals surface area contributed by atoms with Crippen molar-refractivity contribution in [1.82, 2.24) is 25.2 Å². The first-order valence-electron chi connectivity index (χ1n) is 19.6. The number of hydrogen-bond acceptors (Lipinski definition) is 10. The maximum absolute atomic E-state index is 14.8. The second kappa shape index (κ2) is 16.4. The van der Waals surface area contributed by atoms with Gasteiger partial charge >= 0.3 is 6.09 Å². The molecule has 1 aromatic heterocycles. The summed E-state index contributed by atoms with van der Waals surface area (Å²) >= 11 is 0. The molecule has 0 bridgehead atoms. The lowest BCUT2D eigenvalue weighted by molar-refractivity contribution is -0.142. The first-order valence-corrected chi connectivity index (χ1v) is 21.2. The first-order chi connectivity index (χ1) is 28.1. The van der Waals surface area contributed by atoms with Crippen molar-refractivity contribution >= 4 is 44.7 Å². The number of likely N-dealkylation sites (tertiary alicyclic amines) is 1. The van der Waals surface area contributed by atoms with Gasteiger partial charge in [-0.05, 0) is 42.4 Å². The Labute approximate surface area is 343 Å². The number of sulfonamides is 1. The van der Waals surface area contributed by atoms with E-state index in [2.05, 4.69) is 21.9 Å². The van der Waals surface area contributed by atoms with Crippen molar-refractivity contribution in [2.45, 2.75) is 82.0 Å². The second-order valence-corrected chi connectivity index (χ2v) is 18.4. The third-order valence-corrected chi connectivity index (χ3v) is 12.8. The van der Waals surface area contributed by atoms with E-state index in [1.54, 1.807) is 40.0 Å². The summed E-state index contributed by atoms with van der Waals surface area (Å²) in [6.07, 6.45) is 0.967. The van der Waals surface area contributed by atoms with E-state index in [0.29, 0.717) is 40.9 Å². The lowest BCUT2D eigenvalue weighted by Gasteiger charge is -2.35. The minimum absolute atomic E-state index is 0.00432. The van der Waals surface area contributed by atoms with E-state index in [0.717, 1.165) is 11.1 Å². The van der Waals surface area contributed by atoms with Crippen molar-refractivity contribution in [3.8, 4) is 22.8 Å². The van der Waals surface area contributed by atoms with Crippen molar-refractivity contribution in [3.05, 3.63) is 103 Å². The minimum atomic E-state index is -3.93. The van der Waals surface area contributed by atoms with Gasteiger partial charge in [0.2, 0.25) is 21.8 Å². The number of hydrogen-bond donors (Lipinski definition) is 3. The Morgan fingerprint density at radius 1 is 1.00 bits per heavy atom. The molecule has 4 aromatic rings. The molecule has 2 saturated carbocycles. The Morgan fingerprint density at radius 2 is 1.69 bits per heavy atom. The molecule has 5 atom stereocenters. The number of nitrogens with one attached hydrogen (secondary N) is 3. The van der Waals surface area contributed by atoms with Crippen LogP contribution in [-0.4, -0.2) is 84.7 Å². The van der Waals surface area contributed by atoms with E-state index in [1.165, 1.54) is 11.0 Å². The Kier molecular flexibility index (Phi) is 11.4. The van der Waals surface area contributed by atoms with Crippen LogP contribution in [0.5, 0.6) is 11.5 Å². The van der Waals surface area contributed by atoms with Gasteiger partial charge in [-0.25, -0.2) is 18.2 Å². The van der Waals surface area contributed by atoms with Crippen molar-refractivity contribution in [2.75, 3.05) is 13.7 Å². The summed E-state index contributed by atoms with van der Waals surface area (Å²) in [7, 11) is -2.36. The number of alkyl carbamates (subject to hydrolysis) is 1. The number of carbonyl (C=O) groups is 4. The highest BCUT2D eigenvalue weighted by atomic mass is 32.2. The topological polar surface area (TPSA) is 182 Å². The van der Waals surface area contributed by atoms with Crippen LogP contribution in [0, 0.1) is 11.3 Å². The molecule has 1 saturated heterocycles. The summed E-state index contributed by atoms with van der Waals surface area (Å²) in [5.74, 6) is -1.59. The van der Waals surface area contributed by atoms with Gasteiger partial charge in [-0.1, -0.05) is 87.5 Å². The summed E-state index contributed by atoms with van der Waals surface area (Å²) < 4.78 is 45.5. The van der Waals surface area contributed by atoms with E-state index in [9.17, 15) is 27.6 Å². The van der Waals surface area contributed by atoms with Crippen LogP contribution < -0.4 is 24.8 Å². The quantitative estimate of drug-likeness (QED) is 0.142. The van der Waals surface area contributed by atoms with Crippen molar-refractivity contribution in [1.29, 1.82) is 0 Å². The highest BCUT2D eigenvalue weighted by Gasteiger charge is 2.62. The zero-order chi connectivity index (χ0) is 42.1. The molecule has 3 aromatic carbocycles. The number of aromatic nitrogens is 1. The number of fused-ring (bicyclic) bond motifs is 1. The summed E-state index contributed by atoms with van der Waals surface area (Å²) in [5, 5.41) is 5.57. The highest BCUT2D eigenvalue weighted by molar-refractivity contribution is 7.91. The fourth-order valence-corrected chi connectivity index (χ4v) is 8.79. The molecule has 3 aliphatic rings. The Morgan fingerprint density at radius 3 is 2.32 bits per heavy atom. The number of carbonyl (C=O) groups excluding carboxylic acids is 4. The van der Waals surface area contributed by atoms with E-state index in [1.807, 2.05) is 72.8 Å². The minimum Gasteiger partial charge on any atom is -0.497 e. The molecule has 3 N–H and O–H groups in total. The number of amides is 4. The summed E-state index contributed by atoms with van der Waals surface area (Å²) in [5.41, 5.74) is 0.403. The second-order valence-electron chi connectivity index (χ2n) is 16.4. The molecule has 7 rings (SSSR count). The van der Waals surface area contributed by atoms with Crippen molar-refractivity contribution in [2.24, 2.45) is 11.3 Å². The molecule has 4 amide bonds. The van der Waals surface area contributed by atoms with Crippen LogP contribution in [0.3, 0.4) is 0 Å². The maximum atomic E-state index is 14.8. The maximum Gasteiger partial charge on any atom is 0.408 e. The van der Waals surface area contributed by atoms with Crippen molar-refractivity contribution in [3.63, 3.8) is 0 Å². The fraction of sp³-hybridized carbons (Fsp3) is 0.386. The number of rotatable bonds is 14. The molecule has 15 heteroatoms. The SMILES string of the molecule is C=C[C@@H]1C[C@]1(NC(=O)[C@@H]1C[C@@H](Oc2cc(-c3ccccc3)nc3cc(OC)ccc23)CN1C(=O)[C@@H](NC(=O)OCc1ccccc1)C(C)(C)C)C(=O)NS(=O)(=O)C1CC1. The largest absolute Gasteiger partial charge is 0.497 e. The summed E-state index contributed by atoms with van der Waals surface area (Å²) in [4.78, 5) is 62.3. The van der Waals surface area contributed by atoms with Crippen LogP contribution in [-0.2, 0) is 35.8 Å². The lowest BCUT2D eigenvalue weighted by Crippen LogP contribution is -2.60. The van der Waals surface area contributed by atoms with Crippen LogP contribution in [0.2, 0.25) is 0 Å². The predicted molar refractivity (Wildman–Crippen MR) is 221 cm³/mol. The number of nitrogens with zero attached hydrogens (tertiary/aromatic N) is 2. The van der Waals surface area contributed by atoms with Gasteiger partial charge in [0, 0.05) is 35.4 Å². The predicted octanol–water partition coefficient (Wildman–Crippen LogP) is 5.27. The van der Waals surface area contributed by atoms with Crippen LogP contribution in [0.1, 0.15) is 52.0 Å². The fourth-order valence-electron chi connectivity index (χ4n) is 7.43. The Balaban J connectivity index is 1.20. The van der Waals surface area contributed by atoms with Crippen LogP contribution in [0.15, 0.2) is 97.6 Å². The zero-order valence-electron chi connectivity index (χ0n) is 33.5. The molecular weight excluding hydrogens is 775 g/mol. The molecule has 0 unspecified atom stereocenters. The van der Waals surface area contributed by atoms with Crippen LogP contribution in [0.25, 0.3) is 22.2 Å². The van der Waals surface area contributed by atoms with Gasteiger partial charge in [-0.15, -0.1) is 6.58 Å². The van der Waals surface area contributed by atoms with Gasteiger partial charge in [0.15, 0.2) is 0 Å². The molecule has 310 valence electrons. The van der Waals surface area contributed by atoms with E-state index >= 15 is 0 Å². The molecular formula is C44H49N5O9S. The smallest absolute Gasteiger partial charge is 0.408 e. The number of benzene rings is 3. The summed E-state index contributed by atoms with van der Waals surface area (Å²) in [6, 6.07) is 23.6. The molecule has 3 fully saturated rings. The lowest BCUT2D eigenvalue weighted by atomic mass is 9.85. The van der Waals surface area contributed by atoms with Gasteiger partial charge in [0.25, 0.3) is 5.91 Å². The summed E-state index contributed by atoms with van der Waals surface area (Å²) in [6.45, 7) is 9.06. The van der Waals surface area contributed by atoms with Gasteiger partial charge in [0.1, 0.15) is 41.8 Å². The van der Waals surface area contributed by atoms with Crippen LogP contribution >= 0.6 is 0 Å². The van der Waals surface area contributed by atoms with E-state index in [-0.39, 0.29) is 26.0 Å². The standard InChI is InChI=1S/C44H49N5O9S/c1-6-29-24-44(29,41(52)48-59(54,55)32-18-19-32)47-39(50)36-22-31(25-49(36)40(51)38(43(2,3)4)46-42(53)57-26-27-13-9-7-10-14-27)58-37-23-34(28-15-11-8-12-16-28)45-35-21-30(56-5)17-20-33(35)37/h6-17,20-21,23,29,31-32,36,38H,1,18-19,22,24-26H2,2-5H3,(H,46,53)(H,47,50)(H,48,52)/t29-,31-,36+,38-,44-/m1/s1. The molecule has 0 spiro atoms. The van der Waals surface area contributed by atoms with Gasteiger partial charge in [0.05, 0.1) is 30.1 Å². The molecule has 2 aliphatic carbocycles.